The number of halogens is 4. The summed E-state index contributed by atoms with van der Waals surface area (Å²) in [6, 6.07) is 33.7. The maximum absolute atomic E-state index is 12.3. The quantitative estimate of drug-likeness (QED) is 0.0141. The van der Waals surface area contributed by atoms with Crippen molar-refractivity contribution in [2.24, 2.45) is 15.0 Å². The number of allylic oxidation sites excluding steroid dienone is 1. The van der Waals surface area contributed by atoms with Gasteiger partial charge in [0.25, 0.3) is 0 Å². The zero-order chi connectivity index (χ0) is 87.1. The summed E-state index contributed by atoms with van der Waals surface area (Å²) in [5, 5.41) is 97.9. The number of methoxy groups -OCH3 is 1. The van der Waals surface area contributed by atoms with Crippen molar-refractivity contribution in [1.82, 2.24) is 0 Å². The third kappa shape index (κ3) is 76.2. The molecule has 6 aromatic rings. The maximum atomic E-state index is 12.3. The first-order valence-corrected chi connectivity index (χ1v) is 38.8. The molecule has 0 aliphatic heterocycles. The molecule has 0 bridgehead atoms. The van der Waals surface area contributed by atoms with Gasteiger partial charge in [0.1, 0.15) is 51.8 Å². The van der Waals surface area contributed by atoms with Crippen LogP contribution in [0.2, 0.25) is 0 Å². The molecule has 0 saturated heterocycles. The molecule has 0 aliphatic carbocycles. The number of Topliss-reactive ketones (excluding diaryl/α,β-unsaturated/α-hetero) is 1. The fraction of sp³-hybridized carbons (Fsp3) is 0.476. The van der Waals surface area contributed by atoms with Crippen molar-refractivity contribution in [2.75, 3.05) is 39.3 Å². The fourth-order valence-electron chi connectivity index (χ4n) is 7.03. The number of carboxylic acids is 1. The zero-order valence-electron chi connectivity index (χ0n) is 73.1. The second-order valence-corrected chi connectivity index (χ2v) is 33.8. The van der Waals surface area contributed by atoms with Crippen LogP contribution in [0.15, 0.2) is 126 Å². The van der Waals surface area contributed by atoms with Crippen LogP contribution >= 0.6 is 0 Å². The summed E-state index contributed by atoms with van der Waals surface area (Å²) in [5.74, 6) is 0.334. The number of aliphatic carboxylic acids is 1. The summed E-state index contributed by atoms with van der Waals surface area (Å²) in [7, 11) is -1.66. The first kappa shape index (κ1) is 137. The predicted molar refractivity (Wildman–Crippen MR) is 458 cm³/mol. The molecule has 0 spiro atoms. The van der Waals surface area contributed by atoms with Crippen LogP contribution < -0.4 is 56.4 Å². The second-order valence-electron chi connectivity index (χ2n) is 27.8. The van der Waals surface area contributed by atoms with Crippen LogP contribution in [0.4, 0.5) is 13.2 Å². The number of alkyl halides is 3. The van der Waals surface area contributed by atoms with Gasteiger partial charge in [-0.15, -0.1) is 0 Å². The normalized spacial score (nSPS) is 10.9. The smallest absolute Gasteiger partial charge is 1.00 e. The Morgan fingerprint density at radius 1 is 0.526 bits per heavy atom. The average Bonchev–Trinajstić information content (AvgIpc) is 0.854. The molecular formula is C84H133BrF3MgN2NaO20S3Ti. The summed E-state index contributed by atoms with van der Waals surface area (Å²) in [4.78, 5) is 40.4. The fourth-order valence-corrected chi connectivity index (χ4v) is 8.97. The van der Waals surface area contributed by atoms with E-state index in [-0.39, 0.29) is 179 Å². The molecule has 0 fully saturated rings. The number of carboxylic acid groups (broad SMARTS) is 1. The van der Waals surface area contributed by atoms with E-state index in [4.69, 9.17) is 50.4 Å². The van der Waals surface area contributed by atoms with Crippen LogP contribution in [0.1, 0.15) is 204 Å². The minimum Gasteiger partial charge on any atom is -1.00 e. The molecule has 32 heteroatoms. The molecule has 0 radical (unpaired) electrons. The average molecular weight is 1820 g/mol. The van der Waals surface area contributed by atoms with Gasteiger partial charge in [0.05, 0.1) is 27.6 Å². The van der Waals surface area contributed by atoms with Gasteiger partial charge in [-0.2, -0.15) is 17.6 Å². The van der Waals surface area contributed by atoms with E-state index in [1.807, 2.05) is 158 Å². The van der Waals surface area contributed by atoms with Gasteiger partial charge < -0.3 is 95.6 Å². The molecule has 22 nitrogen and oxygen atoms in total. The summed E-state index contributed by atoms with van der Waals surface area (Å²) >= 11 is 0. The number of carbonyl (C=O) groups excluding carboxylic acids is 3. The minimum absolute atomic E-state index is 0. The van der Waals surface area contributed by atoms with Gasteiger partial charge in [-0.1, -0.05) is 74.5 Å². The molecule has 3 atom stereocenters. The molecule has 0 aliphatic rings. The Labute approximate surface area is 761 Å². The van der Waals surface area contributed by atoms with Crippen molar-refractivity contribution in [1.29, 1.82) is 0 Å². The Balaban J connectivity index is -0.000000106. The molecule has 6 rings (SSSR count). The van der Waals surface area contributed by atoms with E-state index in [1.165, 1.54) is 19.1 Å². The second kappa shape index (κ2) is 74.8. The standard InChI is InChI=1S/C17H28O3S.C15H23NO2S.C11H14O2.C11H12O2.C8H8O2.C7H8O.C4H11NOS.C2HF3O2.4C2H6O.CH3.BrH.Mg.Na.H2O.Ti/c1-16(2,3)21(19)12-17(4,5)10-9-13-7-8-14(18)15(11-13)20-6;1-11-10-13(8-9-14(11)17)7-6-12(2)16-19(18)15(3,4)5;2*1-8-7-10(4-3-9(2)12)5-6-11(8)13;1-6-4-7(5-9)2-3-8(6)10;1-6-4-2-3-5-7(6)8;1-4(2,3)7(5)6;3-2(4,5)1(6)7;4*1-2-3;;;;;;/h7-8,11,18H,9-10,12H2,1-6H3;8-10,17H,6-7H2,1-5H3;5-7,13H,3-4H2,1-2H3;3-7,13H,1-2H3;2-5,10H,1H3;2-5,8H,1H3;5H2,1-3H3;(H,6,7);4*3H,2H2,1H3;1H3;1H;;;1H2;/q;;;;;;;;;;;;-1;;+2;+1;;/p-2/b;;;4-3+;;;;;;;;;;;;;;/t;19-;;;;;7-;;;;;;;;;;;/m.1....0.........../s1. The van der Waals surface area contributed by atoms with Gasteiger partial charge in [0.15, 0.2) is 17.3 Å². The predicted octanol–water partition coefficient (Wildman–Crippen LogP) is 10.1. The number of phenols is 6. The number of para-hydroxylation sites is 1. The van der Waals surface area contributed by atoms with Gasteiger partial charge in [-0.3, -0.25) is 18.9 Å². The summed E-state index contributed by atoms with van der Waals surface area (Å²) < 4.78 is 74.9. The Morgan fingerprint density at radius 3 is 1.15 bits per heavy atom. The summed E-state index contributed by atoms with van der Waals surface area (Å²) in [6.07, 6.45) is 3.70. The van der Waals surface area contributed by atoms with Crippen LogP contribution in [0.3, 0.4) is 0 Å². The number of hydrogen-bond donors (Lipinski definition) is 12. The molecule has 0 saturated carbocycles. The number of aryl methyl sites for hydroxylation is 8. The van der Waals surface area contributed by atoms with Crippen molar-refractivity contribution in [2.45, 2.75) is 218 Å². The minimum atomic E-state index is -5.08. The SMILES string of the molecule is CC(=O)/C=C/c1ccc(O)c(C)c1.CC(=O)CCc1ccc(O)c(C)c1.CC(C)(C)[S@@](N)=O.CC(CCc1ccc(O)c(C)c1)=N[S@](=O)C(C)(C)C.CCO.CCO.CCO.CCO.COc1cc(CCC(C)(C)CS(=O)C(C)(C)C)ccc1O.Cc1cc(C=O)ccc1O.Cc1ccccc1O.O=C(O)C(F)(F)F.[Br-].[CH3-].[Mg+2].[Na+].[OH-].[Ti]. The van der Waals surface area contributed by atoms with E-state index in [1.54, 1.807) is 103 Å². The molecule has 14 N–H and O–H groups in total. The number of ether oxygens (including phenoxy) is 1. The van der Waals surface area contributed by atoms with E-state index >= 15 is 0 Å². The number of nitrogens with zero attached hydrogens (tertiary/aromatic N) is 1. The molecule has 116 heavy (non-hydrogen) atoms. The number of hydrogen-bond acceptors (Lipinski definition) is 19. The molecule has 0 heterocycles. The Hall–Kier alpha value is -5.23. The van der Waals surface area contributed by atoms with Crippen molar-refractivity contribution < 1.29 is 180 Å². The van der Waals surface area contributed by atoms with E-state index in [0.29, 0.717) is 40.7 Å². The number of carbonyl (C=O) groups is 4. The van der Waals surface area contributed by atoms with Crippen LogP contribution in [0.5, 0.6) is 40.2 Å². The van der Waals surface area contributed by atoms with E-state index in [0.717, 1.165) is 94.2 Å². The number of rotatable bonds is 16. The largest absolute Gasteiger partial charge is 2.00 e. The molecular weight excluding hydrogens is 1690 g/mol. The van der Waals surface area contributed by atoms with Crippen molar-refractivity contribution in [3.63, 3.8) is 0 Å². The van der Waals surface area contributed by atoms with Crippen LogP contribution in [-0.2, 0) is 88.1 Å². The maximum Gasteiger partial charge on any atom is 2.00 e. The summed E-state index contributed by atoms with van der Waals surface area (Å²) in [5.41, 5.74) is 10.0. The number of benzene rings is 6. The molecule has 0 aromatic heterocycles. The van der Waals surface area contributed by atoms with Crippen LogP contribution in [-0.4, -0.2) is 187 Å². The topological polar surface area (TPSA) is 420 Å². The van der Waals surface area contributed by atoms with Crippen molar-refractivity contribution in [3.8, 4) is 40.2 Å². The first-order valence-electron chi connectivity index (χ1n) is 35.2. The van der Waals surface area contributed by atoms with Gasteiger partial charge >= 0.3 is 64.8 Å². The number of aromatic hydroxyl groups is 6. The van der Waals surface area contributed by atoms with Gasteiger partial charge in [0.2, 0.25) is 0 Å². The third-order valence-electron chi connectivity index (χ3n) is 13.4. The van der Waals surface area contributed by atoms with E-state index in [2.05, 4.69) is 18.2 Å². The summed E-state index contributed by atoms with van der Waals surface area (Å²) in [6.45, 7) is 43.6. The Bertz CT molecular complexity index is 3710. The zero-order valence-corrected chi connectivity index (χ0v) is 82.1. The number of phenolic OH excluding ortho intramolecular Hbond substituents is 6. The molecule has 1 unspecified atom stereocenters. The monoisotopic (exact) mass is 1820 g/mol. The number of nitrogens with two attached hydrogens (primary N) is 1. The van der Waals surface area contributed by atoms with E-state index in [9.17, 15) is 60.6 Å². The number of aldehydes is 1. The number of aliphatic hydroxyl groups excluding tert-OH is 4. The Kier molecular flexibility index (Phi) is 88.2. The number of ketones is 2. The van der Waals surface area contributed by atoms with Crippen molar-refractivity contribution in [3.05, 3.63) is 184 Å². The molecule has 652 valence electrons. The molecule has 0 amide bonds. The Morgan fingerprint density at radius 2 is 0.853 bits per heavy atom. The third-order valence-corrected chi connectivity index (χ3v) is 18.6. The first-order chi connectivity index (χ1) is 50.5. The van der Waals surface area contributed by atoms with Crippen LogP contribution in [0, 0.1) is 47.5 Å². The van der Waals surface area contributed by atoms with Gasteiger partial charge in [-0.25, -0.2) is 13.2 Å². The number of aliphatic hydroxyl groups is 4. The van der Waals surface area contributed by atoms with Crippen molar-refractivity contribution >= 4 is 91.4 Å². The van der Waals surface area contributed by atoms with Crippen LogP contribution in [0.25, 0.3) is 6.08 Å². The van der Waals surface area contributed by atoms with Gasteiger partial charge in [-0.05, 0) is 300 Å². The van der Waals surface area contributed by atoms with Gasteiger partial charge in [0, 0.05) is 87.1 Å². The van der Waals surface area contributed by atoms with E-state index < -0.39 is 44.9 Å². The molecule has 6 aromatic carbocycles.